The zero-order valence-corrected chi connectivity index (χ0v) is 10.5. The molecule has 2 fully saturated rings. The van der Waals surface area contributed by atoms with Gasteiger partial charge in [0.15, 0.2) is 5.60 Å². The van der Waals surface area contributed by atoms with E-state index in [9.17, 15) is 19.5 Å². The van der Waals surface area contributed by atoms with Crippen LogP contribution in [0.5, 0.6) is 0 Å². The average Bonchev–Trinajstić information content (AvgIpc) is 2.88. The lowest BCUT2D eigenvalue weighted by molar-refractivity contribution is -0.164. The number of carbonyl (C=O) groups is 3. The molecular weight excluding hydrogens is 238 g/mol. The van der Waals surface area contributed by atoms with Gasteiger partial charge in [-0.2, -0.15) is 0 Å². The molecule has 100 valence electrons. The molecule has 0 aromatic rings. The zero-order valence-electron chi connectivity index (χ0n) is 10.5. The monoisotopic (exact) mass is 255 g/mol. The predicted molar refractivity (Wildman–Crippen MR) is 60.2 cm³/mol. The second-order valence-corrected chi connectivity index (χ2v) is 5.17. The minimum absolute atomic E-state index is 0.258. The Bertz CT molecular complexity index is 381. The number of carbonyl (C=O) groups excluding carboxylic acids is 3. The van der Waals surface area contributed by atoms with Crippen LogP contribution < -0.4 is 0 Å². The first-order valence-electron chi connectivity index (χ1n) is 6.04. The normalized spacial score (nSPS) is 30.3. The molecule has 0 bridgehead atoms. The number of likely N-dealkylation sites (tertiary alicyclic amines) is 1. The van der Waals surface area contributed by atoms with E-state index in [2.05, 4.69) is 4.74 Å². The summed E-state index contributed by atoms with van der Waals surface area (Å²) in [6.45, 7) is 0.915. The SMILES string of the molecule is COC(=O)C(C)(O)CN1C(=O)C2CCCC2C1=O. The Morgan fingerprint density at radius 3 is 2.33 bits per heavy atom. The van der Waals surface area contributed by atoms with Crippen LogP contribution in [0.25, 0.3) is 0 Å². The van der Waals surface area contributed by atoms with E-state index in [1.54, 1.807) is 0 Å². The minimum Gasteiger partial charge on any atom is -0.467 e. The highest BCUT2D eigenvalue weighted by molar-refractivity contribution is 6.05. The predicted octanol–water partition coefficient (Wildman–Crippen LogP) is -0.305. The summed E-state index contributed by atoms with van der Waals surface area (Å²) in [5.41, 5.74) is -1.85. The molecule has 3 atom stereocenters. The van der Waals surface area contributed by atoms with E-state index in [0.29, 0.717) is 12.8 Å². The van der Waals surface area contributed by atoms with Crippen LogP contribution in [0.1, 0.15) is 26.2 Å². The fourth-order valence-corrected chi connectivity index (χ4v) is 2.81. The van der Waals surface area contributed by atoms with Crippen LogP contribution in [-0.4, -0.2) is 47.0 Å². The zero-order chi connectivity index (χ0) is 13.5. The standard InChI is InChI=1S/C12H17NO5/c1-12(17,11(16)18-2)6-13-9(14)7-4-3-5-8(7)10(13)15/h7-8,17H,3-6H2,1-2H3. The molecule has 6 heteroatoms. The summed E-state index contributed by atoms with van der Waals surface area (Å²) in [4.78, 5) is 36.4. The van der Waals surface area contributed by atoms with Crippen molar-refractivity contribution in [1.82, 2.24) is 4.90 Å². The first-order chi connectivity index (χ1) is 8.38. The van der Waals surface area contributed by atoms with Gasteiger partial charge in [-0.25, -0.2) is 4.79 Å². The maximum atomic E-state index is 12.0. The summed E-state index contributed by atoms with van der Waals surface area (Å²) in [5.74, 6) is -1.91. The molecule has 1 N–H and O–H groups in total. The summed E-state index contributed by atoms with van der Waals surface area (Å²) < 4.78 is 4.45. The number of fused-ring (bicyclic) bond motifs is 1. The number of amides is 2. The molecule has 3 unspecified atom stereocenters. The van der Waals surface area contributed by atoms with Crippen LogP contribution >= 0.6 is 0 Å². The van der Waals surface area contributed by atoms with Gasteiger partial charge in [0, 0.05) is 0 Å². The Hall–Kier alpha value is -1.43. The highest BCUT2D eigenvalue weighted by Gasteiger charge is 2.52. The van der Waals surface area contributed by atoms with Gasteiger partial charge in [0.1, 0.15) is 0 Å². The van der Waals surface area contributed by atoms with Crippen molar-refractivity contribution in [2.75, 3.05) is 13.7 Å². The fourth-order valence-electron chi connectivity index (χ4n) is 2.81. The lowest BCUT2D eigenvalue weighted by atomic mass is 10.00. The molecule has 2 amide bonds. The molecule has 6 nitrogen and oxygen atoms in total. The topological polar surface area (TPSA) is 83.9 Å². The van der Waals surface area contributed by atoms with E-state index in [-0.39, 0.29) is 30.2 Å². The van der Waals surface area contributed by atoms with Gasteiger partial charge in [-0.05, 0) is 19.8 Å². The van der Waals surface area contributed by atoms with Gasteiger partial charge in [0.25, 0.3) is 0 Å². The third-order valence-corrected chi connectivity index (χ3v) is 3.77. The molecule has 0 spiro atoms. The van der Waals surface area contributed by atoms with E-state index in [4.69, 9.17) is 0 Å². The Kier molecular flexibility index (Phi) is 3.14. The van der Waals surface area contributed by atoms with Gasteiger partial charge in [-0.1, -0.05) is 6.42 Å². The van der Waals surface area contributed by atoms with Crippen molar-refractivity contribution in [3.05, 3.63) is 0 Å². The number of hydrogen-bond donors (Lipinski definition) is 1. The summed E-state index contributed by atoms with van der Waals surface area (Å²) in [6.07, 6.45) is 2.31. The van der Waals surface area contributed by atoms with Crippen molar-refractivity contribution in [3.63, 3.8) is 0 Å². The maximum Gasteiger partial charge on any atom is 0.339 e. The van der Waals surface area contributed by atoms with E-state index < -0.39 is 11.6 Å². The smallest absolute Gasteiger partial charge is 0.339 e. The molecule has 0 aromatic heterocycles. The number of esters is 1. The van der Waals surface area contributed by atoms with Crippen LogP contribution in [0.15, 0.2) is 0 Å². The van der Waals surface area contributed by atoms with Crippen LogP contribution in [0.4, 0.5) is 0 Å². The molecule has 2 aliphatic rings. The van der Waals surface area contributed by atoms with Crippen molar-refractivity contribution in [2.24, 2.45) is 11.8 Å². The van der Waals surface area contributed by atoms with Crippen molar-refractivity contribution >= 4 is 17.8 Å². The molecule has 1 aliphatic heterocycles. The van der Waals surface area contributed by atoms with Crippen LogP contribution in [0.3, 0.4) is 0 Å². The summed E-state index contributed by atoms with van der Waals surface area (Å²) >= 11 is 0. The summed E-state index contributed by atoms with van der Waals surface area (Å²) in [5, 5.41) is 9.92. The Labute approximate surface area is 105 Å². The quantitative estimate of drug-likeness (QED) is 0.552. The van der Waals surface area contributed by atoms with Crippen molar-refractivity contribution in [1.29, 1.82) is 0 Å². The molecule has 1 saturated heterocycles. The van der Waals surface area contributed by atoms with E-state index in [1.165, 1.54) is 6.92 Å². The lowest BCUT2D eigenvalue weighted by Gasteiger charge is -2.25. The van der Waals surface area contributed by atoms with Gasteiger partial charge < -0.3 is 9.84 Å². The summed E-state index contributed by atoms with van der Waals surface area (Å²) in [6, 6.07) is 0. The molecule has 1 aliphatic carbocycles. The Morgan fingerprint density at radius 1 is 1.39 bits per heavy atom. The summed E-state index contributed by atoms with van der Waals surface area (Å²) in [7, 11) is 1.15. The Morgan fingerprint density at radius 2 is 1.89 bits per heavy atom. The fraction of sp³-hybridized carbons (Fsp3) is 0.750. The molecular formula is C12H17NO5. The van der Waals surface area contributed by atoms with E-state index in [1.807, 2.05) is 0 Å². The van der Waals surface area contributed by atoms with Crippen LogP contribution in [0, 0.1) is 11.8 Å². The van der Waals surface area contributed by atoms with E-state index in [0.717, 1.165) is 18.4 Å². The number of nitrogens with zero attached hydrogens (tertiary/aromatic N) is 1. The number of hydrogen-bond acceptors (Lipinski definition) is 5. The lowest BCUT2D eigenvalue weighted by Crippen LogP contribution is -2.49. The number of ether oxygens (including phenoxy) is 1. The van der Waals surface area contributed by atoms with Gasteiger partial charge in [0.2, 0.25) is 11.8 Å². The second-order valence-electron chi connectivity index (χ2n) is 5.17. The number of rotatable bonds is 3. The Balaban J connectivity index is 2.13. The number of methoxy groups -OCH3 is 1. The molecule has 1 saturated carbocycles. The van der Waals surface area contributed by atoms with Gasteiger partial charge >= 0.3 is 5.97 Å². The van der Waals surface area contributed by atoms with Gasteiger partial charge in [-0.3, -0.25) is 14.5 Å². The number of aliphatic hydroxyl groups is 1. The van der Waals surface area contributed by atoms with Crippen molar-refractivity contribution < 1.29 is 24.2 Å². The number of β-amino-alcohol motifs (C(OH)–C–C–N with tert-alkyl or cyclic N) is 1. The molecule has 1 heterocycles. The maximum absolute atomic E-state index is 12.0. The van der Waals surface area contributed by atoms with Gasteiger partial charge in [-0.15, -0.1) is 0 Å². The van der Waals surface area contributed by atoms with Crippen LogP contribution in [0.2, 0.25) is 0 Å². The molecule has 18 heavy (non-hydrogen) atoms. The van der Waals surface area contributed by atoms with Crippen molar-refractivity contribution in [2.45, 2.75) is 31.8 Å². The van der Waals surface area contributed by atoms with E-state index >= 15 is 0 Å². The highest BCUT2D eigenvalue weighted by Crippen LogP contribution is 2.40. The van der Waals surface area contributed by atoms with Crippen LogP contribution in [-0.2, 0) is 19.1 Å². The molecule has 0 radical (unpaired) electrons. The third-order valence-electron chi connectivity index (χ3n) is 3.77. The highest BCUT2D eigenvalue weighted by atomic mass is 16.5. The minimum atomic E-state index is -1.85. The molecule has 0 aromatic carbocycles. The number of imide groups is 1. The second kappa shape index (κ2) is 4.35. The largest absolute Gasteiger partial charge is 0.467 e. The average molecular weight is 255 g/mol. The van der Waals surface area contributed by atoms with Crippen molar-refractivity contribution in [3.8, 4) is 0 Å². The van der Waals surface area contributed by atoms with Gasteiger partial charge in [0.05, 0.1) is 25.5 Å². The first-order valence-corrected chi connectivity index (χ1v) is 6.04. The molecule has 2 rings (SSSR count). The first kappa shape index (κ1) is 13.0. The third kappa shape index (κ3) is 1.90.